The first-order valence-corrected chi connectivity index (χ1v) is 6.02. The summed E-state index contributed by atoms with van der Waals surface area (Å²) in [4.78, 5) is 4.40. The van der Waals surface area contributed by atoms with Crippen LogP contribution in [-0.4, -0.2) is 4.98 Å². The summed E-state index contributed by atoms with van der Waals surface area (Å²) < 4.78 is 1.26. The lowest BCUT2D eigenvalue weighted by molar-refractivity contribution is 0.719. The Morgan fingerprint density at radius 3 is 3.14 bits per heavy atom. The molecule has 1 aromatic heterocycles. The first kappa shape index (κ1) is 9.66. The number of thiazole rings is 1. The highest BCUT2D eigenvalue weighted by Gasteiger charge is 2.02. The zero-order valence-electron chi connectivity index (χ0n) is 8.42. The summed E-state index contributed by atoms with van der Waals surface area (Å²) in [6.45, 7) is 2.23. The molecule has 0 saturated carbocycles. The van der Waals surface area contributed by atoms with Crippen molar-refractivity contribution in [2.75, 3.05) is 0 Å². The minimum absolute atomic E-state index is 1.14. The maximum atomic E-state index is 4.40. The Kier molecular flexibility index (Phi) is 3.14. The van der Waals surface area contributed by atoms with Crippen LogP contribution >= 0.6 is 11.3 Å². The molecule has 0 N–H and O–H groups in total. The van der Waals surface area contributed by atoms with Crippen molar-refractivity contribution in [2.24, 2.45) is 0 Å². The number of hydrogen-bond acceptors (Lipinski definition) is 2. The highest BCUT2D eigenvalue weighted by atomic mass is 32.1. The number of fused-ring (bicyclic) bond motifs is 1. The third-order valence-electron chi connectivity index (χ3n) is 2.42. The summed E-state index contributed by atoms with van der Waals surface area (Å²) in [6.07, 6.45) is 4.99. The number of rotatable bonds is 4. The van der Waals surface area contributed by atoms with E-state index in [1.54, 1.807) is 11.3 Å². The molecule has 14 heavy (non-hydrogen) atoms. The van der Waals surface area contributed by atoms with Gasteiger partial charge in [0.05, 0.1) is 15.7 Å². The summed E-state index contributed by atoms with van der Waals surface area (Å²) in [7, 11) is 0. The highest BCUT2D eigenvalue weighted by molar-refractivity contribution is 7.16. The lowest BCUT2D eigenvalue weighted by Gasteiger charge is -2.00. The van der Waals surface area contributed by atoms with E-state index in [-0.39, 0.29) is 0 Å². The number of aryl methyl sites for hydroxylation is 1. The van der Waals surface area contributed by atoms with Gasteiger partial charge in [-0.05, 0) is 36.6 Å². The minimum atomic E-state index is 1.14. The SMILES string of the molecule is CCCCCc1c[c]cc2scnc12. The zero-order chi connectivity index (χ0) is 9.80. The molecule has 0 unspecified atom stereocenters. The van der Waals surface area contributed by atoms with Crippen molar-refractivity contribution in [2.45, 2.75) is 32.6 Å². The summed E-state index contributed by atoms with van der Waals surface area (Å²) in [5.41, 5.74) is 4.46. The fraction of sp³-hybridized carbons (Fsp3) is 0.417. The standard InChI is InChI=1S/C12H14NS/c1-2-3-4-6-10-7-5-8-11-12(10)13-9-14-11/h7-9H,2-4,6H2,1H3. The van der Waals surface area contributed by atoms with E-state index in [0.717, 1.165) is 6.42 Å². The normalized spacial score (nSPS) is 10.9. The van der Waals surface area contributed by atoms with Crippen LogP contribution < -0.4 is 0 Å². The van der Waals surface area contributed by atoms with Crippen LogP contribution in [0.15, 0.2) is 17.6 Å². The van der Waals surface area contributed by atoms with Gasteiger partial charge in [-0.1, -0.05) is 19.8 Å². The maximum Gasteiger partial charge on any atom is 0.0844 e. The Balaban J connectivity index is 2.19. The van der Waals surface area contributed by atoms with Gasteiger partial charge in [0.25, 0.3) is 0 Å². The second-order valence-electron chi connectivity index (χ2n) is 3.50. The molecule has 0 saturated heterocycles. The molecule has 0 aliphatic carbocycles. The van der Waals surface area contributed by atoms with E-state index in [4.69, 9.17) is 0 Å². The number of nitrogens with zero attached hydrogens (tertiary/aromatic N) is 1. The molecule has 1 radical (unpaired) electrons. The van der Waals surface area contributed by atoms with Crippen molar-refractivity contribution < 1.29 is 0 Å². The molecule has 0 spiro atoms. The van der Waals surface area contributed by atoms with E-state index < -0.39 is 0 Å². The van der Waals surface area contributed by atoms with Crippen LogP contribution in [0.25, 0.3) is 10.2 Å². The van der Waals surface area contributed by atoms with Crippen LogP contribution in [0.3, 0.4) is 0 Å². The third-order valence-corrected chi connectivity index (χ3v) is 3.20. The molecule has 0 fully saturated rings. The molecule has 73 valence electrons. The van der Waals surface area contributed by atoms with Gasteiger partial charge in [0.1, 0.15) is 0 Å². The monoisotopic (exact) mass is 204 g/mol. The van der Waals surface area contributed by atoms with E-state index in [1.165, 1.54) is 35.0 Å². The second kappa shape index (κ2) is 4.56. The first-order chi connectivity index (χ1) is 6.92. The molecule has 2 heteroatoms. The molecule has 1 heterocycles. The summed E-state index contributed by atoms with van der Waals surface area (Å²) in [6, 6.07) is 7.29. The predicted molar refractivity (Wildman–Crippen MR) is 61.7 cm³/mol. The van der Waals surface area contributed by atoms with Gasteiger partial charge in [-0.25, -0.2) is 4.98 Å². The highest BCUT2D eigenvalue weighted by Crippen LogP contribution is 2.22. The summed E-state index contributed by atoms with van der Waals surface area (Å²) in [5.74, 6) is 0. The molecule has 0 bridgehead atoms. The predicted octanol–water partition coefficient (Wildman–Crippen LogP) is 3.83. The van der Waals surface area contributed by atoms with Gasteiger partial charge < -0.3 is 0 Å². The van der Waals surface area contributed by atoms with E-state index in [0.29, 0.717) is 0 Å². The average molecular weight is 204 g/mol. The molecule has 0 atom stereocenters. The number of hydrogen-bond donors (Lipinski definition) is 0. The number of benzene rings is 1. The van der Waals surface area contributed by atoms with E-state index >= 15 is 0 Å². The maximum absolute atomic E-state index is 4.40. The zero-order valence-corrected chi connectivity index (χ0v) is 9.23. The Morgan fingerprint density at radius 1 is 1.36 bits per heavy atom. The molecule has 2 aromatic rings. The molecule has 0 amide bonds. The van der Waals surface area contributed by atoms with Crippen LogP contribution in [0.4, 0.5) is 0 Å². The van der Waals surface area contributed by atoms with Crippen molar-refractivity contribution in [1.29, 1.82) is 0 Å². The summed E-state index contributed by atoms with van der Waals surface area (Å²) >= 11 is 1.70. The van der Waals surface area contributed by atoms with Crippen LogP contribution in [0.1, 0.15) is 31.7 Å². The lowest BCUT2D eigenvalue weighted by atomic mass is 10.1. The van der Waals surface area contributed by atoms with E-state index in [2.05, 4.69) is 24.0 Å². The van der Waals surface area contributed by atoms with Crippen LogP contribution in [0.2, 0.25) is 0 Å². The quantitative estimate of drug-likeness (QED) is 0.690. The van der Waals surface area contributed by atoms with Crippen LogP contribution in [0.5, 0.6) is 0 Å². The van der Waals surface area contributed by atoms with E-state index in [9.17, 15) is 0 Å². The van der Waals surface area contributed by atoms with Crippen molar-refractivity contribution >= 4 is 21.6 Å². The Labute approximate surface area is 88.8 Å². The molecule has 2 rings (SSSR count). The Morgan fingerprint density at radius 2 is 2.29 bits per heavy atom. The Bertz CT molecular complexity index is 405. The van der Waals surface area contributed by atoms with Gasteiger partial charge in [-0.15, -0.1) is 11.3 Å². The van der Waals surface area contributed by atoms with Crippen LogP contribution in [0, 0.1) is 6.07 Å². The number of unbranched alkanes of at least 4 members (excludes halogenated alkanes) is 2. The van der Waals surface area contributed by atoms with Crippen molar-refractivity contribution in [3.8, 4) is 0 Å². The first-order valence-electron chi connectivity index (χ1n) is 5.14. The fourth-order valence-electron chi connectivity index (χ4n) is 1.64. The van der Waals surface area contributed by atoms with Gasteiger partial charge in [0, 0.05) is 0 Å². The number of aromatic nitrogens is 1. The van der Waals surface area contributed by atoms with Gasteiger partial charge in [-0.2, -0.15) is 0 Å². The van der Waals surface area contributed by atoms with Crippen molar-refractivity contribution in [3.05, 3.63) is 29.3 Å². The minimum Gasteiger partial charge on any atom is -0.244 e. The van der Waals surface area contributed by atoms with Crippen molar-refractivity contribution in [1.82, 2.24) is 4.98 Å². The van der Waals surface area contributed by atoms with Gasteiger partial charge >= 0.3 is 0 Å². The topological polar surface area (TPSA) is 12.9 Å². The van der Waals surface area contributed by atoms with Gasteiger partial charge in [-0.3, -0.25) is 0 Å². The molecule has 0 aliphatic rings. The second-order valence-corrected chi connectivity index (χ2v) is 4.39. The van der Waals surface area contributed by atoms with Crippen molar-refractivity contribution in [3.63, 3.8) is 0 Å². The summed E-state index contributed by atoms with van der Waals surface area (Å²) in [5, 5.41) is 0. The van der Waals surface area contributed by atoms with Crippen LogP contribution in [-0.2, 0) is 6.42 Å². The van der Waals surface area contributed by atoms with E-state index in [1.807, 2.05) is 11.6 Å². The van der Waals surface area contributed by atoms with Gasteiger partial charge in [0.15, 0.2) is 0 Å². The van der Waals surface area contributed by atoms with Gasteiger partial charge in [0.2, 0.25) is 0 Å². The average Bonchev–Trinajstić information content (AvgIpc) is 2.67. The smallest absolute Gasteiger partial charge is 0.0844 e. The molecule has 1 aromatic carbocycles. The lowest BCUT2D eigenvalue weighted by Crippen LogP contribution is -1.86. The largest absolute Gasteiger partial charge is 0.244 e. The Hall–Kier alpha value is -0.890. The molecular weight excluding hydrogens is 190 g/mol. The molecule has 0 aliphatic heterocycles. The molecule has 1 nitrogen and oxygen atoms in total. The fourth-order valence-corrected chi connectivity index (χ4v) is 2.34. The molecular formula is C12H14NS. The third kappa shape index (κ3) is 1.95.